The third kappa shape index (κ3) is 4.28. The first-order valence-corrected chi connectivity index (χ1v) is 12.6. The zero-order chi connectivity index (χ0) is 24.5. The normalized spacial score (nSPS) is 15.1. The van der Waals surface area contributed by atoms with Gasteiger partial charge in [0, 0.05) is 20.1 Å². The number of aryl methyl sites for hydroxylation is 2. The van der Waals surface area contributed by atoms with E-state index >= 15 is 0 Å². The summed E-state index contributed by atoms with van der Waals surface area (Å²) in [7, 11) is -2.16. The molecule has 1 aromatic carbocycles. The van der Waals surface area contributed by atoms with E-state index in [1.54, 1.807) is 13.1 Å². The molecule has 3 heterocycles. The van der Waals surface area contributed by atoms with Crippen LogP contribution in [-0.4, -0.2) is 70.3 Å². The molecular weight excluding hydrogens is 462 g/mol. The third-order valence-corrected chi connectivity index (χ3v) is 7.62. The molecule has 0 amide bonds. The van der Waals surface area contributed by atoms with Crippen LogP contribution in [0, 0.1) is 4.91 Å². The fourth-order valence-corrected chi connectivity index (χ4v) is 5.51. The molecule has 1 aliphatic rings. The maximum atomic E-state index is 13.3. The molecule has 1 fully saturated rings. The van der Waals surface area contributed by atoms with Gasteiger partial charge in [-0.15, -0.1) is 4.91 Å². The zero-order valence-corrected chi connectivity index (χ0v) is 20.1. The Hall–Kier alpha value is -3.32. The van der Waals surface area contributed by atoms with Gasteiger partial charge in [0.25, 0.3) is 5.56 Å². The summed E-state index contributed by atoms with van der Waals surface area (Å²) in [4.78, 5) is 31.1. The number of fused-ring (bicyclic) bond motifs is 1. The van der Waals surface area contributed by atoms with Crippen molar-refractivity contribution < 1.29 is 13.2 Å². The van der Waals surface area contributed by atoms with Crippen LogP contribution in [0.25, 0.3) is 22.4 Å². The summed E-state index contributed by atoms with van der Waals surface area (Å²) < 4.78 is 35.2. The van der Waals surface area contributed by atoms with E-state index in [0.717, 1.165) is 6.42 Å². The van der Waals surface area contributed by atoms with Gasteiger partial charge >= 0.3 is 0 Å². The Morgan fingerprint density at radius 3 is 2.56 bits per heavy atom. The number of ether oxygens (including phenoxy) is 1. The van der Waals surface area contributed by atoms with Gasteiger partial charge in [-0.05, 0) is 31.5 Å². The highest BCUT2D eigenvalue weighted by molar-refractivity contribution is 7.89. The zero-order valence-electron chi connectivity index (χ0n) is 19.3. The van der Waals surface area contributed by atoms with Gasteiger partial charge in [0.15, 0.2) is 5.52 Å². The maximum absolute atomic E-state index is 13.3. The number of sulfonamides is 1. The average Bonchev–Trinajstić information content (AvgIpc) is 3.15. The largest absolute Gasteiger partial charge is 0.493 e. The van der Waals surface area contributed by atoms with Gasteiger partial charge < -0.3 is 9.72 Å². The van der Waals surface area contributed by atoms with Gasteiger partial charge in [-0.2, -0.15) is 9.40 Å². The maximum Gasteiger partial charge on any atom is 0.277 e. The standard InChI is InChI=1S/C21H27N7O5S/c1-4-6-16-18-19(26(3)24-16)21(29)23-20(22-18)15-13-14(7-8-17(15)33-5-2)34(31,32)28-11-9-27(25-30)10-12-28/h7-8,13H,4-6,9-12H2,1-3H3,(H,22,23,29). The fraction of sp³-hybridized carbons (Fsp3) is 0.476. The number of benzene rings is 1. The SMILES string of the molecule is CCCc1nn(C)c2c(=O)[nH]c(-c3cc(S(=O)(=O)N4CCN(N=O)CC4)ccc3OCC)nc12. The van der Waals surface area contributed by atoms with Crippen molar-refractivity contribution in [3.8, 4) is 17.1 Å². The van der Waals surface area contributed by atoms with E-state index in [0.29, 0.717) is 41.1 Å². The number of nitroso groups, excluding NO2 is 1. The van der Waals surface area contributed by atoms with Crippen LogP contribution in [0.5, 0.6) is 5.75 Å². The Kier molecular flexibility index (Phi) is 6.66. The van der Waals surface area contributed by atoms with Crippen LogP contribution in [0.3, 0.4) is 0 Å². The van der Waals surface area contributed by atoms with Crippen LogP contribution < -0.4 is 10.3 Å². The van der Waals surface area contributed by atoms with Gasteiger partial charge in [-0.25, -0.2) is 13.4 Å². The van der Waals surface area contributed by atoms with Gasteiger partial charge in [0.05, 0.1) is 41.1 Å². The Balaban J connectivity index is 1.82. The van der Waals surface area contributed by atoms with Gasteiger partial charge in [-0.3, -0.25) is 14.5 Å². The van der Waals surface area contributed by atoms with Crippen LogP contribution in [0.1, 0.15) is 26.0 Å². The highest BCUT2D eigenvalue weighted by atomic mass is 32.2. The molecule has 1 aliphatic heterocycles. The summed E-state index contributed by atoms with van der Waals surface area (Å²) in [6.45, 7) is 4.91. The lowest BCUT2D eigenvalue weighted by atomic mass is 10.1. The molecule has 0 atom stereocenters. The number of rotatable bonds is 8. The summed E-state index contributed by atoms with van der Waals surface area (Å²) in [6, 6.07) is 4.50. The van der Waals surface area contributed by atoms with E-state index < -0.39 is 10.0 Å². The van der Waals surface area contributed by atoms with E-state index in [9.17, 15) is 18.1 Å². The molecule has 0 unspecified atom stereocenters. The van der Waals surface area contributed by atoms with Gasteiger partial charge in [0.2, 0.25) is 10.0 Å². The predicted octanol–water partition coefficient (Wildman–Crippen LogP) is 1.66. The number of aromatic nitrogens is 4. The van der Waals surface area contributed by atoms with Crippen molar-refractivity contribution in [3.05, 3.63) is 39.2 Å². The van der Waals surface area contributed by atoms with Crippen molar-refractivity contribution in [3.63, 3.8) is 0 Å². The molecule has 0 bridgehead atoms. The van der Waals surface area contributed by atoms with Gasteiger partial charge in [-0.1, -0.05) is 13.3 Å². The first kappa shape index (κ1) is 23.8. The minimum absolute atomic E-state index is 0.0428. The highest BCUT2D eigenvalue weighted by Crippen LogP contribution is 2.32. The molecule has 1 saturated heterocycles. The molecule has 0 spiro atoms. The summed E-state index contributed by atoms with van der Waals surface area (Å²) in [5, 5.41) is 8.60. The van der Waals surface area contributed by atoms with Crippen LogP contribution in [-0.2, 0) is 23.5 Å². The number of nitrogens with one attached hydrogen (secondary N) is 1. The van der Waals surface area contributed by atoms with Crippen LogP contribution in [0.15, 0.2) is 33.2 Å². The number of piperazine rings is 1. The van der Waals surface area contributed by atoms with Crippen molar-refractivity contribution >= 4 is 21.1 Å². The molecule has 3 aromatic rings. The van der Waals surface area contributed by atoms with E-state index in [2.05, 4.69) is 20.4 Å². The first-order valence-electron chi connectivity index (χ1n) is 11.1. The lowest BCUT2D eigenvalue weighted by Gasteiger charge is -2.30. The molecule has 0 aliphatic carbocycles. The second kappa shape index (κ2) is 9.50. The molecule has 0 radical (unpaired) electrons. The second-order valence-corrected chi connectivity index (χ2v) is 9.90. The second-order valence-electron chi connectivity index (χ2n) is 7.96. The topological polar surface area (TPSA) is 143 Å². The van der Waals surface area contributed by atoms with E-state index in [-0.39, 0.29) is 42.5 Å². The number of nitrogens with zero attached hydrogens (tertiary/aromatic N) is 6. The first-order chi connectivity index (χ1) is 16.3. The third-order valence-electron chi connectivity index (χ3n) is 5.72. The molecule has 34 heavy (non-hydrogen) atoms. The number of H-pyrrole nitrogens is 1. The monoisotopic (exact) mass is 489 g/mol. The summed E-state index contributed by atoms with van der Waals surface area (Å²) in [5.74, 6) is 0.609. The van der Waals surface area contributed by atoms with E-state index in [1.807, 2.05) is 13.8 Å². The van der Waals surface area contributed by atoms with Crippen LogP contribution in [0.2, 0.25) is 0 Å². The molecule has 1 N–H and O–H groups in total. The smallest absolute Gasteiger partial charge is 0.277 e. The summed E-state index contributed by atoms with van der Waals surface area (Å²) in [5.41, 5.74) is 1.54. The van der Waals surface area contributed by atoms with Crippen molar-refractivity contribution in [1.82, 2.24) is 29.1 Å². The van der Waals surface area contributed by atoms with E-state index in [1.165, 1.54) is 26.1 Å². The fourth-order valence-electron chi connectivity index (χ4n) is 4.06. The molecule has 13 heteroatoms. The molecule has 4 rings (SSSR count). The quantitative estimate of drug-likeness (QED) is 0.471. The lowest BCUT2D eigenvalue weighted by Crippen LogP contribution is -2.46. The molecule has 182 valence electrons. The van der Waals surface area contributed by atoms with Crippen molar-refractivity contribution in [2.75, 3.05) is 32.8 Å². The minimum atomic E-state index is -3.85. The summed E-state index contributed by atoms with van der Waals surface area (Å²) in [6.07, 6.45) is 1.49. The van der Waals surface area contributed by atoms with Crippen molar-refractivity contribution in [2.45, 2.75) is 31.6 Å². The number of hydrogen-bond donors (Lipinski definition) is 1. The molecule has 0 saturated carbocycles. The Bertz CT molecular complexity index is 1370. The molecule has 12 nitrogen and oxygen atoms in total. The Morgan fingerprint density at radius 1 is 1.18 bits per heavy atom. The highest BCUT2D eigenvalue weighted by Gasteiger charge is 2.30. The minimum Gasteiger partial charge on any atom is -0.493 e. The number of aromatic amines is 1. The predicted molar refractivity (Wildman–Crippen MR) is 126 cm³/mol. The van der Waals surface area contributed by atoms with Crippen molar-refractivity contribution in [1.29, 1.82) is 0 Å². The van der Waals surface area contributed by atoms with Crippen LogP contribution in [0.4, 0.5) is 0 Å². The van der Waals surface area contributed by atoms with E-state index in [4.69, 9.17) is 4.74 Å². The molecule has 2 aromatic heterocycles. The lowest BCUT2D eigenvalue weighted by molar-refractivity contribution is 0.192. The summed E-state index contributed by atoms with van der Waals surface area (Å²) >= 11 is 0. The Morgan fingerprint density at radius 2 is 1.91 bits per heavy atom. The van der Waals surface area contributed by atoms with Crippen molar-refractivity contribution in [2.24, 2.45) is 12.3 Å². The van der Waals surface area contributed by atoms with Gasteiger partial charge in [0.1, 0.15) is 17.1 Å². The average molecular weight is 490 g/mol. The number of hydrogen-bond acceptors (Lipinski definition) is 8. The molecular formula is C21H27N7O5S. The van der Waals surface area contributed by atoms with Crippen LogP contribution >= 0.6 is 0 Å². The Labute approximate surface area is 196 Å².